The zero-order chi connectivity index (χ0) is 19.9. The Balaban J connectivity index is 1.36. The third-order valence-corrected chi connectivity index (χ3v) is 6.77. The van der Waals surface area contributed by atoms with Crippen LogP contribution in [-0.2, 0) is 9.53 Å². The molecule has 0 spiro atoms. The van der Waals surface area contributed by atoms with Crippen molar-refractivity contribution in [2.75, 3.05) is 26.7 Å². The molecule has 1 saturated heterocycles. The third-order valence-electron chi connectivity index (χ3n) is 6.77. The molecule has 3 rings (SSSR count). The minimum atomic E-state index is -2.49. The lowest BCUT2D eigenvalue weighted by molar-refractivity contribution is -0.126. The van der Waals surface area contributed by atoms with Gasteiger partial charge in [0, 0.05) is 32.2 Å². The lowest BCUT2D eigenvalue weighted by atomic mass is 9.78. The molecule has 1 aliphatic heterocycles. The first-order valence-corrected chi connectivity index (χ1v) is 10.9. The molecule has 3 aliphatic rings. The Bertz CT molecular complexity index is 481. The minimum Gasteiger partial charge on any atom is -0.381 e. The van der Waals surface area contributed by atoms with Crippen molar-refractivity contribution < 1.29 is 18.3 Å². The smallest absolute Gasteiger partial charge is 0.255 e. The van der Waals surface area contributed by atoms with Crippen molar-refractivity contribution in [3.05, 3.63) is 0 Å². The van der Waals surface area contributed by atoms with E-state index in [2.05, 4.69) is 21.3 Å². The average molecular weight is 403 g/mol. The third kappa shape index (κ3) is 6.34. The Labute approximate surface area is 166 Å². The molecular formula is C20H36F2N4O2. The fourth-order valence-corrected chi connectivity index (χ4v) is 5.07. The van der Waals surface area contributed by atoms with Crippen molar-refractivity contribution in [2.45, 2.75) is 76.2 Å². The van der Waals surface area contributed by atoms with Gasteiger partial charge in [0.1, 0.15) is 6.29 Å². The Morgan fingerprint density at radius 1 is 1.07 bits per heavy atom. The van der Waals surface area contributed by atoms with Crippen molar-refractivity contribution in [1.82, 2.24) is 21.3 Å². The molecule has 0 aromatic heterocycles. The summed E-state index contributed by atoms with van der Waals surface area (Å²) in [4.78, 5) is 12.1. The summed E-state index contributed by atoms with van der Waals surface area (Å²) in [6.45, 7) is 1.45. The quantitative estimate of drug-likeness (QED) is 0.523. The van der Waals surface area contributed by atoms with Crippen LogP contribution in [0.3, 0.4) is 0 Å². The molecule has 2 aliphatic carbocycles. The fraction of sp³-hybridized carbons (Fsp3) is 0.950. The van der Waals surface area contributed by atoms with E-state index in [1.807, 2.05) is 7.11 Å². The van der Waals surface area contributed by atoms with Gasteiger partial charge in [0.15, 0.2) is 0 Å². The van der Waals surface area contributed by atoms with Crippen LogP contribution in [0.2, 0.25) is 0 Å². The highest BCUT2D eigenvalue weighted by Gasteiger charge is 2.33. The molecule has 8 heteroatoms. The van der Waals surface area contributed by atoms with Crippen LogP contribution in [0.25, 0.3) is 0 Å². The lowest BCUT2D eigenvalue weighted by Gasteiger charge is -2.40. The molecule has 6 nitrogen and oxygen atoms in total. The first kappa shape index (κ1) is 21.9. The van der Waals surface area contributed by atoms with Gasteiger partial charge >= 0.3 is 0 Å². The monoisotopic (exact) mass is 402 g/mol. The average Bonchev–Trinajstić information content (AvgIpc) is 2.73. The van der Waals surface area contributed by atoms with E-state index in [9.17, 15) is 13.6 Å². The number of halogens is 2. The normalized spacial score (nSPS) is 37.0. The van der Waals surface area contributed by atoms with Gasteiger partial charge in [0.05, 0.1) is 12.6 Å². The van der Waals surface area contributed by atoms with Gasteiger partial charge in [-0.05, 0) is 56.8 Å². The SMILES string of the molecule is COC1CCC(C2CNC(NC3CCCC(C(=O)NCC(F)F)C3)NC2)CC1. The van der Waals surface area contributed by atoms with E-state index in [1.54, 1.807) is 0 Å². The second-order valence-corrected chi connectivity index (χ2v) is 8.65. The molecule has 0 aromatic carbocycles. The van der Waals surface area contributed by atoms with E-state index in [-0.39, 0.29) is 24.2 Å². The number of alkyl halides is 2. The second-order valence-electron chi connectivity index (χ2n) is 8.65. The Kier molecular flexibility index (Phi) is 8.44. The van der Waals surface area contributed by atoms with Crippen LogP contribution in [0.15, 0.2) is 0 Å². The van der Waals surface area contributed by atoms with E-state index in [4.69, 9.17) is 4.74 Å². The number of nitrogens with one attached hydrogen (secondary N) is 4. The summed E-state index contributed by atoms with van der Waals surface area (Å²) < 4.78 is 30.1. The molecule has 0 aromatic rings. The standard InChI is InChI=1S/C20H36F2N4O2/c1-28-17-7-5-13(6-8-17)15-10-24-20(25-11-15)26-16-4-2-3-14(9-16)19(27)23-12-18(21)22/h13-18,20,24-26H,2-12H2,1H3,(H,23,27). The molecule has 0 radical (unpaired) electrons. The molecule has 162 valence electrons. The van der Waals surface area contributed by atoms with Crippen molar-refractivity contribution in [1.29, 1.82) is 0 Å². The number of ether oxygens (including phenoxy) is 1. The summed E-state index contributed by atoms with van der Waals surface area (Å²) in [5.74, 6) is 1.00. The molecule has 28 heavy (non-hydrogen) atoms. The Morgan fingerprint density at radius 3 is 2.43 bits per heavy atom. The van der Waals surface area contributed by atoms with Crippen LogP contribution >= 0.6 is 0 Å². The van der Waals surface area contributed by atoms with Gasteiger partial charge in [0.2, 0.25) is 5.91 Å². The van der Waals surface area contributed by atoms with Crippen LogP contribution in [0, 0.1) is 17.8 Å². The first-order valence-electron chi connectivity index (χ1n) is 10.9. The number of hydrogen-bond acceptors (Lipinski definition) is 5. The van der Waals surface area contributed by atoms with E-state index in [0.717, 1.165) is 51.1 Å². The fourth-order valence-electron chi connectivity index (χ4n) is 5.07. The van der Waals surface area contributed by atoms with Gasteiger partial charge in [0.25, 0.3) is 6.43 Å². The number of rotatable bonds is 7. The number of carbonyl (C=O) groups is 1. The highest BCUT2D eigenvalue weighted by molar-refractivity contribution is 5.78. The van der Waals surface area contributed by atoms with Crippen LogP contribution in [-0.4, -0.2) is 57.5 Å². The Morgan fingerprint density at radius 2 is 1.79 bits per heavy atom. The molecule has 2 atom stereocenters. The molecule has 4 N–H and O–H groups in total. The van der Waals surface area contributed by atoms with Gasteiger partial charge in [-0.15, -0.1) is 0 Å². The summed E-state index contributed by atoms with van der Waals surface area (Å²) in [5, 5.41) is 13.1. The molecule has 0 bridgehead atoms. The number of methoxy groups -OCH3 is 1. The summed E-state index contributed by atoms with van der Waals surface area (Å²) in [6.07, 6.45) is 6.26. The summed E-state index contributed by atoms with van der Waals surface area (Å²) in [5.41, 5.74) is 0. The predicted octanol–water partition coefficient (Wildman–Crippen LogP) is 1.81. The minimum absolute atomic E-state index is 0.0550. The molecule has 2 saturated carbocycles. The van der Waals surface area contributed by atoms with E-state index < -0.39 is 13.0 Å². The van der Waals surface area contributed by atoms with Crippen LogP contribution in [0.5, 0.6) is 0 Å². The molecule has 1 amide bonds. The van der Waals surface area contributed by atoms with E-state index in [0.29, 0.717) is 18.4 Å². The highest BCUT2D eigenvalue weighted by Crippen LogP contribution is 2.32. The summed E-state index contributed by atoms with van der Waals surface area (Å²) in [7, 11) is 1.81. The number of amides is 1. The zero-order valence-electron chi connectivity index (χ0n) is 16.9. The van der Waals surface area contributed by atoms with Crippen molar-refractivity contribution in [2.24, 2.45) is 17.8 Å². The van der Waals surface area contributed by atoms with E-state index >= 15 is 0 Å². The first-order chi connectivity index (χ1) is 13.5. The molecule has 3 fully saturated rings. The summed E-state index contributed by atoms with van der Waals surface area (Å²) in [6, 6.07) is 0.231. The maximum atomic E-state index is 12.3. The topological polar surface area (TPSA) is 74.4 Å². The summed E-state index contributed by atoms with van der Waals surface area (Å²) >= 11 is 0. The van der Waals surface area contributed by atoms with Crippen LogP contribution in [0.4, 0.5) is 8.78 Å². The Hall–Kier alpha value is -0.830. The lowest BCUT2D eigenvalue weighted by Crippen LogP contribution is -2.63. The van der Waals surface area contributed by atoms with Crippen molar-refractivity contribution in [3.8, 4) is 0 Å². The number of hydrogen-bond donors (Lipinski definition) is 4. The van der Waals surface area contributed by atoms with Crippen LogP contribution in [0.1, 0.15) is 51.4 Å². The van der Waals surface area contributed by atoms with Gasteiger partial charge in [-0.25, -0.2) is 8.78 Å². The van der Waals surface area contributed by atoms with E-state index in [1.165, 1.54) is 12.8 Å². The maximum absolute atomic E-state index is 12.3. The molecule has 2 unspecified atom stereocenters. The molecular weight excluding hydrogens is 366 g/mol. The van der Waals surface area contributed by atoms with Gasteiger partial charge in [-0.3, -0.25) is 20.7 Å². The van der Waals surface area contributed by atoms with Gasteiger partial charge in [-0.2, -0.15) is 0 Å². The van der Waals surface area contributed by atoms with Gasteiger partial charge in [-0.1, -0.05) is 6.42 Å². The van der Waals surface area contributed by atoms with Crippen molar-refractivity contribution in [3.63, 3.8) is 0 Å². The second kappa shape index (κ2) is 10.8. The van der Waals surface area contributed by atoms with Crippen molar-refractivity contribution >= 4 is 5.91 Å². The predicted molar refractivity (Wildman–Crippen MR) is 104 cm³/mol. The molecule has 1 heterocycles. The largest absolute Gasteiger partial charge is 0.381 e. The highest BCUT2D eigenvalue weighted by atomic mass is 19.3. The number of carbonyl (C=O) groups excluding carboxylic acids is 1. The maximum Gasteiger partial charge on any atom is 0.255 e. The van der Waals surface area contributed by atoms with Gasteiger partial charge < -0.3 is 10.1 Å². The zero-order valence-corrected chi connectivity index (χ0v) is 16.9. The van der Waals surface area contributed by atoms with Crippen LogP contribution < -0.4 is 21.3 Å².